The Balaban J connectivity index is 2.77. The third-order valence-electron chi connectivity index (χ3n) is 2.01. The fourth-order valence-electron chi connectivity index (χ4n) is 1.15. The van der Waals surface area contributed by atoms with Crippen molar-refractivity contribution in [3.05, 3.63) is 29.8 Å². The maximum atomic E-state index is 11.7. The van der Waals surface area contributed by atoms with E-state index in [1.165, 1.54) is 19.1 Å². The van der Waals surface area contributed by atoms with Gasteiger partial charge in [-0.1, -0.05) is 17.7 Å². The molecule has 1 rings (SSSR count). The quantitative estimate of drug-likeness (QED) is 0.636. The first-order valence-electron chi connectivity index (χ1n) is 5.19. The average molecular weight is 294 g/mol. The maximum Gasteiger partial charge on any atom is 0.355 e. The van der Waals surface area contributed by atoms with Crippen molar-refractivity contribution in [2.75, 3.05) is 13.0 Å². The monoisotopic (exact) mass is 294 g/mol. The standard InChI is InChI=1S/C10H15O6PS/c1-3-15-17(11,12)8-16-18(13,14)10-6-4-9(2)5-7-10/h4-7H,3,8H2,1-2H3,(H,11,12). The molecule has 0 aliphatic heterocycles. The summed E-state index contributed by atoms with van der Waals surface area (Å²) in [5.41, 5.74) is 0.899. The lowest BCUT2D eigenvalue weighted by Crippen LogP contribution is -2.09. The van der Waals surface area contributed by atoms with Crippen molar-refractivity contribution in [1.82, 2.24) is 0 Å². The lowest BCUT2D eigenvalue weighted by Gasteiger charge is -2.11. The predicted molar refractivity (Wildman–Crippen MR) is 65.8 cm³/mol. The first-order valence-corrected chi connectivity index (χ1v) is 8.36. The molecule has 18 heavy (non-hydrogen) atoms. The van der Waals surface area contributed by atoms with Crippen LogP contribution < -0.4 is 0 Å². The van der Waals surface area contributed by atoms with Gasteiger partial charge in [0.25, 0.3) is 10.1 Å². The van der Waals surface area contributed by atoms with Gasteiger partial charge in [-0.2, -0.15) is 8.42 Å². The summed E-state index contributed by atoms with van der Waals surface area (Å²) in [4.78, 5) is 9.15. The predicted octanol–water partition coefficient (Wildman–Crippen LogP) is 1.88. The van der Waals surface area contributed by atoms with Crippen LogP contribution in [0.25, 0.3) is 0 Å². The number of benzene rings is 1. The Hall–Kier alpha value is -0.720. The zero-order chi connectivity index (χ0) is 13.8. The van der Waals surface area contributed by atoms with Gasteiger partial charge in [0, 0.05) is 0 Å². The van der Waals surface area contributed by atoms with Crippen LogP contribution in [0.15, 0.2) is 29.2 Å². The van der Waals surface area contributed by atoms with E-state index in [1.807, 2.05) is 6.92 Å². The molecule has 0 fully saturated rings. The van der Waals surface area contributed by atoms with E-state index in [0.29, 0.717) is 0 Å². The number of aryl methyl sites for hydroxylation is 1. The molecule has 0 saturated carbocycles. The van der Waals surface area contributed by atoms with Gasteiger partial charge in [-0.3, -0.25) is 8.75 Å². The second-order valence-electron chi connectivity index (χ2n) is 3.57. The zero-order valence-electron chi connectivity index (χ0n) is 10.1. The molecule has 0 amide bonds. The van der Waals surface area contributed by atoms with Crippen molar-refractivity contribution in [2.24, 2.45) is 0 Å². The molecule has 0 aromatic heterocycles. The smallest absolute Gasteiger partial charge is 0.323 e. The molecule has 1 unspecified atom stereocenters. The molecular formula is C10H15O6PS. The largest absolute Gasteiger partial charge is 0.355 e. The van der Waals surface area contributed by atoms with Crippen LogP contribution in [0.3, 0.4) is 0 Å². The Morgan fingerprint density at radius 3 is 2.33 bits per heavy atom. The molecule has 0 heterocycles. The van der Waals surface area contributed by atoms with E-state index in [4.69, 9.17) is 0 Å². The van der Waals surface area contributed by atoms with E-state index in [9.17, 15) is 17.9 Å². The maximum absolute atomic E-state index is 11.7. The topological polar surface area (TPSA) is 89.9 Å². The van der Waals surface area contributed by atoms with Crippen LogP contribution in [0, 0.1) is 6.92 Å². The van der Waals surface area contributed by atoms with Crippen LogP contribution in [0.4, 0.5) is 0 Å². The van der Waals surface area contributed by atoms with E-state index in [2.05, 4.69) is 8.71 Å². The second-order valence-corrected chi connectivity index (χ2v) is 6.98. The molecule has 1 aromatic rings. The zero-order valence-corrected chi connectivity index (χ0v) is 11.8. The minimum atomic E-state index is -4.04. The van der Waals surface area contributed by atoms with Gasteiger partial charge in [-0.05, 0) is 26.0 Å². The van der Waals surface area contributed by atoms with Crippen molar-refractivity contribution in [3.63, 3.8) is 0 Å². The molecule has 6 nitrogen and oxygen atoms in total. The van der Waals surface area contributed by atoms with Gasteiger partial charge < -0.3 is 9.42 Å². The van der Waals surface area contributed by atoms with Gasteiger partial charge in [-0.25, -0.2) is 0 Å². The van der Waals surface area contributed by atoms with Crippen LogP contribution >= 0.6 is 7.60 Å². The van der Waals surface area contributed by atoms with Gasteiger partial charge in [0.1, 0.15) is 0 Å². The molecule has 0 bridgehead atoms. The molecule has 0 aliphatic rings. The first kappa shape index (κ1) is 15.3. The van der Waals surface area contributed by atoms with Gasteiger partial charge >= 0.3 is 7.60 Å². The molecular weight excluding hydrogens is 279 g/mol. The van der Waals surface area contributed by atoms with Gasteiger partial charge in [0.2, 0.25) is 0 Å². The molecule has 102 valence electrons. The van der Waals surface area contributed by atoms with E-state index < -0.39 is 24.1 Å². The van der Waals surface area contributed by atoms with Crippen LogP contribution in [0.1, 0.15) is 12.5 Å². The van der Waals surface area contributed by atoms with E-state index in [1.54, 1.807) is 12.1 Å². The fourth-order valence-corrected chi connectivity index (χ4v) is 3.32. The third kappa shape index (κ3) is 4.51. The summed E-state index contributed by atoms with van der Waals surface area (Å²) in [6.07, 6.45) is -0.892. The van der Waals surface area contributed by atoms with Crippen molar-refractivity contribution in [1.29, 1.82) is 0 Å². The fraction of sp³-hybridized carbons (Fsp3) is 0.400. The molecule has 1 aromatic carbocycles. The number of hydrogen-bond donors (Lipinski definition) is 1. The van der Waals surface area contributed by atoms with Crippen molar-refractivity contribution < 1.29 is 26.6 Å². The molecule has 0 aliphatic carbocycles. The van der Waals surface area contributed by atoms with Crippen molar-refractivity contribution >= 4 is 17.7 Å². The SMILES string of the molecule is CCOP(=O)(O)COS(=O)(=O)c1ccc(C)cc1. The Kier molecular flexibility index (Phi) is 5.07. The van der Waals surface area contributed by atoms with Gasteiger partial charge in [-0.15, -0.1) is 0 Å². The van der Waals surface area contributed by atoms with Crippen LogP contribution in [-0.4, -0.2) is 26.3 Å². The lowest BCUT2D eigenvalue weighted by atomic mass is 10.2. The second kappa shape index (κ2) is 5.95. The summed E-state index contributed by atoms with van der Waals surface area (Å²) in [6, 6.07) is 5.95. The van der Waals surface area contributed by atoms with Gasteiger partial charge in [0.05, 0.1) is 11.5 Å². The molecule has 0 radical (unpaired) electrons. The Bertz CT molecular complexity index is 536. The Morgan fingerprint density at radius 1 is 1.28 bits per heavy atom. The molecule has 1 atom stereocenters. The number of rotatable bonds is 6. The Labute approximate surface area is 106 Å². The summed E-state index contributed by atoms with van der Waals surface area (Å²) in [7, 11) is -8.06. The molecule has 8 heteroatoms. The summed E-state index contributed by atoms with van der Waals surface area (Å²) in [5.74, 6) is 0. The van der Waals surface area contributed by atoms with Crippen LogP contribution in [0.2, 0.25) is 0 Å². The summed E-state index contributed by atoms with van der Waals surface area (Å²) in [5, 5.41) is 0. The van der Waals surface area contributed by atoms with Crippen molar-refractivity contribution in [3.8, 4) is 0 Å². The minimum Gasteiger partial charge on any atom is -0.323 e. The van der Waals surface area contributed by atoms with Crippen LogP contribution in [-0.2, 0) is 23.4 Å². The lowest BCUT2D eigenvalue weighted by molar-refractivity contribution is 0.242. The normalized spacial score (nSPS) is 15.3. The molecule has 1 N–H and O–H groups in total. The first-order chi connectivity index (χ1) is 8.27. The van der Waals surface area contributed by atoms with Crippen LogP contribution in [0.5, 0.6) is 0 Å². The number of hydrogen-bond acceptors (Lipinski definition) is 5. The van der Waals surface area contributed by atoms with Gasteiger partial charge in [0.15, 0.2) is 6.35 Å². The highest BCUT2D eigenvalue weighted by Gasteiger charge is 2.24. The van der Waals surface area contributed by atoms with Crippen molar-refractivity contribution in [2.45, 2.75) is 18.7 Å². The van der Waals surface area contributed by atoms with E-state index in [0.717, 1.165) is 5.56 Å². The molecule has 0 spiro atoms. The minimum absolute atomic E-state index is 0.00170. The third-order valence-corrected chi connectivity index (χ3v) is 4.58. The summed E-state index contributed by atoms with van der Waals surface area (Å²) < 4.78 is 43.7. The molecule has 0 saturated heterocycles. The average Bonchev–Trinajstić information content (AvgIpc) is 2.27. The Morgan fingerprint density at radius 2 is 1.83 bits per heavy atom. The highest BCUT2D eigenvalue weighted by molar-refractivity contribution is 7.87. The summed E-state index contributed by atoms with van der Waals surface area (Å²) in [6.45, 7) is 3.34. The van der Waals surface area contributed by atoms with E-state index in [-0.39, 0.29) is 11.5 Å². The van der Waals surface area contributed by atoms with E-state index >= 15 is 0 Å². The summed E-state index contributed by atoms with van der Waals surface area (Å²) >= 11 is 0. The highest BCUT2D eigenvalue weighted by atomic mass is 32.2. The highest BCUT2D eigenvalue weighted by Crippen LogP contribution is 2.42.